The van der Waals surface area contributed by atoms with Crippen molar-refractivity contribution in [3.8, 4) is 11.5 Å². The smallest absolute Gasteiger partial charge is 0.343 e. The van der Waals surface area contributed by atoms with Crippen LogP contribution in [0.1, 0.15) is 10.4 Å². The largest absolute Gasteiger partial charge is 0.507 e. The van der Waals surface area contributed by atoms with Gasteiger partial charge in [-0.15, -0.1) is 0 Å². The summed E-state index contributed by atoms with van der Waals surface area (Å²) in [5, 5.41) is 27.2. The lowest BCUT2D eigenvalue weighted by Crippen LogP contribution is -2.56. The molecule has 9 nitrogen and oxygen atoms in total. The third-order valence-corrected chi connectivity index (χ3v) is 3.18. The molecule has 1 heterocycles. The molecule has 1 aliphatic rings. The molecule has 0 aliphatic carbocycles. The molecule has 0 radical (unpaired) electrons. The highest BCUT2D eigenvalue weighted by molar-refractivity contribution is 5.94. The molecule has 1 aliphatic heterocycles. The first-order valence-electron chi connectivity index (χ1n) is 6.97. The van der Waals surface area contributed by atoms with Crippen molar-refractivity contribution < 1.29 is 34.5 Å². The number of amides is 1. The lowest BCUT2D eigenvalue weighted by molar-refractivity contribution is -0.137. The minimum absolute atomic E-state index is 0.0208. The minimum atomic E-state index is -1.27. The van der Waals surface area contributed by atoms with Gasteiger partial charge in [-0.05, 0) is 12.1 Å². The number of nitrogens with zero attached hydrogens (tertiary/aromatic N) is 1. The molecule has 0 spiro atoms. The number of aromatic carboxylic acids is 1. The summed E-state index contributed by atoms with van der Waals surface area (Å²) in [4.78, 5) is 29.1. The molecule has 0 atom stereocenters. The molecule has 0 bridgehead atoms. The Morgan fingerprint density at radius 3 is 2.74 bits per heavy atom. The van der Waals surface area contributed by atoms with Gasteiger partial charge in [-0.1, -0.05) is 6.07 Å². The molecule has 2 rings (SSSR count). The molecule has 1 aromatic carbocycles. The zero-order chi connectivity index (χ0) is 16.8. The quantitative estimate of drug-likeness (QED) is 0.361. The molecule has 126 valence electrons. The maximum absolute atomic E-state index is 11.5. The number of hydrogen-bond donors (Lipinski definition) is 4. The number of aliphatic hydroxyl groups excluding tert-OH is 1. The Labute approximate surface area is 132 Å². The average Bonchev–Trinajstić information content (AvgIpc) is 2.45. The Bertz CT molecular complexity index is 572. The molecule has 9 heteroatoms. The van der Waals surface area contributed by atoms with Crippen LogP contribution in [0.4, 0.5) is 0 Å². The highest BCUT2D eigenvalue weighted by Crippen LogP contribution is 2.29. The number of rotatable bonds is 8. The fourth-order valence-corrected chi connectivity index (χ4v) is 2.15. The summed E-state index contributed by atoms with van der Waals surface area (Å²) in [5.74, 6) is -1.88. The highest BCUT2D eigenvalue weighted by Gasteiger charge is 2.31. The maximum Gasteiger partial charge on any atom is 0.343 e. The summed E-state index contributed by atoms with van der Waals surface area (Å²) >= 11 is 0. The van der Waals surface area contributed by atoms with Gasteiger partial charge >= 0.3 is 5.97 Å². The van der Waals surface area contributed by atoms with Crippen molar-refractivity contribution in [2.75, 3.05) is 32.8 Å². The lowest BCUT2D eigenvalue weighted by atomic mass is 10.1. The van der Waals surface area contributed by atoms with Crippen LogP contribution < -0.4 is 10.2 Å². The van der Waals surface area contributed by atoms with E-state index in [1.165, 1.54) is 18.2 Å². The van der Waals surface area contributed by atoms with Gasteiger partial charge in [-0.25, -0.2) is 10.3 Å². The number of nitrogens with one attached hydrogen (secondary N) is 1. The van der Waals surface area contributed by atoms with Crippen LogP contribution in [-0.2, 0) is 9.63 Å². The minimum Gasteiger partial charge on any atom is -0.507 e. The second-order valence-electron chi connectivity index (χ2n) is 4.99. The predicted molar refractivity (Wildman–Crippen MR) is 77.1 cm³/mol. The van der Waals surface area contributed by atoms with E-state index < -0.39 is 5.97 Å². The number of carbonyl (C=O) groups is 2. The highest BCUT2D eigenvalue weighted by atomic mass is 16.7. The number of carboxylic acids is 1. The number of aliphatic hydroxyl groups is 1. The number of hydrogen-bond acceptors (Lipinski definition) is 7. The summed E-state index contributed by atoms with van der Waals surface area (Å²) in [6.45, 7) is 0.837. The summed E-state index contributed by atoms with van der Waals surface area (Å²) in [6.07, 6.45) is -0.263. The standard InChI is InChI=1S/C14H18N2O7/c17-4-5-22-15-12(19)8-16-6-9(7-16)23-11-3-1-2-10(18)13(11)14(20)21/h1-3,9,17-18H,4-8H2,(H,15,19)(H,20,21). The van der Waals surface area contributed by atoms with Crippen LogP contribution in [0.2, 0.25) is 0 Å². The van der Waals surface area contributed by atoms with E-state index in [1.54, 1.807) is 4.90 Å². The fourth-order valence-electron chi connectivity index (χ4n) is 2.15. The van der Waals surface area contributed by atoms with Crippen molar-refractivity contribution >= 4 is 11.9 Å². The van der Waals surface area contributed by atoms with Crippen LogP contribution in [0.5, 0.6) is 11.5 Å². The van der Waals surface area contributed by atoms with E-state index in [1.807, 2.05) is 0 Å². The molecule has 4 N–H and O–H groups in total. The van der Waals surface area contributed by atoms with Crippen LogP contribution in [0.25, 0.3) is 0 Å². The van der Waals surface area contributed by atoms with E-state index in [9.17, 15) is 14.7 Å². The summed E-state index contributed by atoms with van der Waals surface area (Å²) in [5.41, 5.74) is 1.91. The Morgan fingerprint density at radius 2 is 2.09 bits per heavy atom. The van der Waals surface area contributed by atoms with Gasteiger partial charge in [0.15, 0.2) is 0 Å². The molecule has 1 amide bonds. The zero-order valence-electron chi connectivity index (χ0n) is 12.3. The average molecular weight is 326 g/mol. The number of likely N-dealkylation sites (tertiary alicyclic amines) is 1. The van der Waals surface area contributed by atoms with Crippen molar-refractivity contribution in [2.45, 2.75) is 6.10 Å². The first kappa shape index (κ1) is 17.0. The normalized spacial score (nSPS) is 15.0. The SMILES string of the molecule is O=C(CN1CC(Oc2cccc(O)c2C(=O)O)C1)NOCCO. The third kappa shape index (κ3) is 4.55. The molecule has 1 fully saturated rings. The van der Waals surface area contributed by atoms with E-state index in [0.717, 1.165) is 0 Å². The maximum atomic E-state index is 11.5. The fraction of sp³-hybridized carbons (Fsp3) is 0.429. The number of hydroxylamine groups is 1. The van der Waals surface area contributed by atoms with Crippen molar-refractivity contribution in [1.82, 2.24) is 10.4 Å². The molecular formula is C14H18N2O7. The van der Waals surface area contributed by atoms with Gasteiger partial charge in [0, 0.05) is 13.1 Å². The van der Waals surface area contributed by atoms with Crippen molar-refractivity contribution in [1.29, 1.82) is 0 Å². The zero-order valence-corrected chi connectivity index (χ0v) is 12.3. The second-order valence-corrected chi connectivity index (χ2v) is 4.99. The van der Waals surface area contributed by atoms with E-state index in [4.69, 9.17) is 19.8 Å². The van der Waals surface area contributed by atoms with Gasteiger partial charge in [-0.2, -0.15) is 0 Å². The molecule has 1 saturated heterocycles. The molecule has 23 heavy (non-hydrogen) atoms. The van der Waals surface area contributed by atoms with Crippen LogP contribution in [0.15, 0.2) is 18.2 Å². The Kier molecular flexibility index (Phi) is 5.74. The summed E-state index contributed by atoms with van der Waals surface area (Å²) in [6, 6.07) is 4.25. The summed E-state index contributed by atoms with van der Waals surface area (Å²) in [7, 11) is 0. The number of carboxylic acid groups (broad SMARTS) is 1. The van der Waals surface area contributed by atoms with Crippen LogP contribution >= 0.6 is 0 Å². The van der Waals surface area contributed by atoms with Crippen molar-refractivity contribution in [2.24, 2.45) is 0 Å². The van der Waals surface area contributed by atoms with Gasteiger partial charge in [0.05, 0.1) is 19.8 Å². The second kappa shape index (κ2) is 7.77. The summed E-state index contributed by atoms with van der Waals surface area (Å²) < 4.78 is 5.56. The Balaban J connectivity index is 1.79. The number of phenols is 1. The first-order chi connectivity index (χ1) is 11.0. The van der Waals surface area contributed by atoms with E-state index in [-0.39, 0.29) is 48.8 Å². The monoisotopic (exact) mass is 326 g/mol. The van der Waals surface area contributed by atoms with Crippen molar-refractivity contribution in [3.05, 3.63) is 23.8 Å². The van der Waals surface area contributed by atoms with Gasteiger partial charge in [0.25, 0.3) is 5.91 Å². The van der Waals surface area contributed by atoms with Gasteiger partial charge < -0.3 is 20.1 Å². The number of ether oxygens (including phenoxy) is 1. The topological polar surface area (TPSA) is 129 Å². The van der Waals surface area contributed by atoms with Gasteiger partial charge in [0.1, 0.15) is 23.2 Å². The molecular weight excluding hydrogens is 308 g/mol. The van der Waals surface area contributed by atoms with Crippen LogP contribution in [0, 0.1) is 0 Å². The predicted octanol–water partition coefficient (Wildman–Crippen LogP) is -0.806. The molecule has 0 saturated carbocycles. The molecule has 0 unspecified atom stereocenters. The van der Waals surface area contributed by atoms with Gasteiger partial charge in [0.2, 0.25) is 0 Å². The Morgan fingerprint density at radius 1 is 1.35 bits per heavy atom. The lowest BCUT2D eigenvalue weighted by Gasteiger charge is -2.38. The van der Waals surface area contributed by atoms with Gasteiger partial charge in [-0.3, -0.25) is 14.5 Å². The molecule has 1 aromatic rings. The van der Waals surface area contributed by atoms with Crippen LogP contribution in [0.3, 0.4) is 0 Å². The Hall–Kier alpha value is -2.36. The van der Waals surface area contributed by atoms with E-state index in [0.29, 0.717) is 13.1 Å². The first-order valence-corrected chi connectivity index (χ1v) is 6.97. The number of carbonyl (C=O) groups excluding carboxylic acids is 1. The third-order valence-electron chi connectivity index (χ3n) is 3.18. The number of aromatic hydroxyl groups is 1. The van der Waals surface area contributed by atoms with E-state index >= 15 is 0 Å². The van der Waals surface area contributed by atoms with E-state index in [2.05, 4.69) is 5.48 Å². The van der Waals surface area contributed by atoms with Crippen LogP contribution in [-0.4, -0.2) is 71.0 Å². The molecule has 0 aromatic heterocycles. The number of benzene rings is 1. The van der Waals surface area contributed by atoms with Crippen molar-refractivity contribution in [3.63, 3.8) is 0 Å².